The van der Waals surface area contributed by atoms with Crippen LogP contribution in [-0.4, -0.2) is 28.1 Å². The normalized spacial score (nSPS) is 23.6. The first-order valence-corrected chi connectivity index (χ1v) is 5.04. The summed E-state index contributed by atoms with van der Waals surface area (Å²) in [6.07, 6.45) is -0.0828. The summed E-state index contributed by atoms with van der Waals surface area (Å²) in [7, 11) is 1.60. The molecular weight excluding hydrogens is 210 g/mol. The quantitative estimate of drug-likeness (QED) is 0.472. The second kappa shape index (κ2) is 4.52. The Morgan fingerprint density at radius 2 is 2.62 bits per heavy atom. The Labute approximate surface area is 92.3 Å². The number of azide groups is 1. The predicted molar refractivity (Wildman–Crippen MR) is 55.5 cm³/mol. The average molecular weight is 223 g/mol. The molecule has 16 heavy (non-hydrogen) atoms. The zero-order chi connectivity index (χ0) is 11.5. The highest BCUT2D eigenvalue weighted by molar-refractivity contribution is 5.17. The number of aliphatic hydroxyl groups is 1. The second-order valence-corrected chi connectivity index (χ2v) is 3.72. The summed E-state index contributed by atoms with van der Waals surface area (Å²) in [5.74, 6) is 0. The lowest BCUT2D eigenvalue weighted by Gasteiger charge is -2.24. The smallest absolute Gasteiger partial charge is 0.105 e. The van der Waals surface area contributed by atoms with Gasteiger partial charge in [-0.1, -0.05) is 5.11 Å². The zero-order valence-electron chi connectivity index (χ0n) is 8.94. The van der Waals surface area contributed by atoms with Gasteiger partial charge < -0.3 is 9.84 Å². The van der Waals surface area contributed by atoms with E-state index in [4.69, 9.17) is 10.3 Å². The summed E-state index contributed by atoms with van der Waals surface area (Å²) in [5.41, 5.74) is 10.0. The number of aliphatic hydroxyl groups excluding tert-OH is 1. The van der Waals surface area contributed by atoms with Crippen molar-refractivity contribution in [2.24, 2.45) is 5.11 Å². The lowest BCUT2D eigenvalue weighted by atomic mass is 10.0. The topological polar surface area (TPSA) is 96.0 Å². The largest absolute Gasteiger partial charge is 0.392 e. The van der Waals surface area contributed by atoms with Crippen molar-refractivity contribution in [3.05, 3.63) is 27.9 Å². The molecule has 7 nitrogen and oxygen atoms in total. The minimum absolute atomic E-state index is 0.416. The van der Waals surface area contributed by atoms with Gasteiger partial charge in [0.05, 0.1) is 24.1 Å². The van der Waals surface area contributed by atoms with Crippen molar-refractivity contribution in [3.8, 4) is 0 Å². The molecule has 1 aliphatic rings. The Morgan fingerprint density at radius 3 is 3.31 bits per heavy atom. The Kier molecular flexibility index (Phi) is 3.09. The van der Waals surface area contributed by atoms with Crippen molar-refractivity contribution < 1.29 is 9.84 Å². The molecule has 2 rings (SSSR count). The summed E-state index contributed by atoms with van der Waals surface area (Å²) < 4.78 is 6.75. The third-order valence-electron chi connectivity index (χ3n) is 2.63. The van der Waals surface area contributed by atoms with Gasteiger partial charge in [0.25, 0.3) is 0 Å². The van der Waals surface area contributed by atoms with Gasteiger partial charge in [0, 0.05) is 18.6 Å². The molecule has 0 spiro atoms. The van der Waals surface area contributed by atoms with Crippen molar-refractivity contribution in [1.29, 1.82) is 0 Å². The number of aryl methyl sites for hydroxylation is 1. The van der Waals surface area contributed by atoms with E-state index in [1.165, 1.54) is 0 Å². The molecule has 0 aliphatic carbocycles. The number of nitrogens with zero attached hydrogens (tertiary/aromatic N) is 5. The van der Waals surface area contributed by atoms with Crippen molar-refractivity contribution in [3.63, 3.8) is 0 Å². The van der Waals surface area contributed by atoms with Gasteiger partial charge in [-0.05, 0) is 18.0 Å². The maximum Gasteiger partial charge on any atom is 0.105 e. The van der Waals surface area contributed by atoms with Crippen molar-refractivity contribution in [1.82, 2.24) is 9.78 Å². The van der Waals surface area contributed by atoms with Gasteiger partial charge in [0.15, 0.2) is 0 Å². The maximum atomic E-state index is 9.75. The monoisotopic (exact) mass is 223 g/mol. The van der Waals surface area contributed by atoms with Crippen LogP contribution in [0.2, 0.25) is 0 Å². The number of rotatable bonds is 3. The molecule has 0 amide bonds. The van der Waals surface area contributed by atoms with Crippen LogP contribution in [0.15, 0.2) is 11.2 Å². The first-order valence-electron chi connectivity index (χ1n) is 5.04. The molecule has 1 aromatic heterocycles. The fraction of sp³-hybridized carbons (Fsp3) is 0.667. The van der Waals surface area contributed by atoms with Crippen LogP contribution >= 0.6 is 0 Å². The van der Waals surface area contributed by atoms with Crippen LogP contribution in [0.5, 0.6) is 0 Å². The van der Waals surface area contributed by atoms with E-state index in [0.717, 1.165) is 11.4 Å². The second-order valence-electron chi connectivity index (χ2n) is 3.72. The molecule has 1 aliphatic heterocycles. The Balaban J connectivity index is 2.34. The zero-order valence-corrected chi connectivity index (χ0v) is 8.94. The molecule has 0 fully saturated rings. The first kappa shape index (κ1) is 10.9. The third kappa shape index (κ3) is 1.88. The number of methoxy groups -OCH3 is 1. The van der Waals surface area contributed by atoms with Gasteiger partial charge >= 0.3 is 0 Å². The van der Waals surface area contributed by atoms with Gasteiger partial charge in [-0.15, -0.1) is 0 Å². The van der Waals surface area contributed by atoms with Crippen LogP contribution in [0.25, 0.3) is 10.4 Å². The summed E-state index contributed by atoms with van der Waals surface area (Å²) in [6, 6.07) is 1.27. The molecule has 0 bridgehead atoms. The number of hydrogen-bond acceptors (Lipinski definition) is 4. The van der Waals surface area contributed by atoms with Crippen molar-refractivity contribution >= 4 is 0 Å². The molecule has 0 saturated carbocycles. The predicted octanol–water partition coefficient (Wildman–Crippen LogP) is 1.15. The SMILES string of the molecule is COCc1cc2n(n1)CC[C@@H](O)[C@@H]2N=[N+]=[N-]. The van der Waals surface area contributed by atoms with Crippen LogP contribution in [0.1, 0.15) is 23.9 Å². The van der Waals surface area contributed by atoms with E-state index < -0.39 is 12.1 Å². The molecule has 2 heterocycles. The molecule has 0 unspecified atom stereocenters. The Morgan fingerprint density at radius 1 is 1.81 bits per heavy atom. The van der Waals surface area contributed by atoms with Crippen molar-refractivity contribution in [2.75, 3.05) is 7.11 Å². The maximum absolute atomic E-state index is 9.75. The van der Waals surface area contributed by atoms with Crippen molar-refractivity contribution in [2.45, 2.75) is 31.7 Å². The highest BCUT2D eigenvalue weighted by atomic mass is 16.5. The molecule has 0 saturated heterocycles. The van der Waals surface area contributed by atoms with E-state index in [1.54, 1.807) is 11.8 Å². The van der Waals surface area contributed by atoms with E-state index in [2.05, 4.69) is 15.1 Å². The van der Waals surface area contributed by atoms with E-state index in [0.29, 0.717) is 19.6 Å². The lowest BCUT2D eigenvalue weighted by Crippen LogP contribution is -2.27. The van der Waals surface area contributed by atoms with E-state index in [-0.39, 0.29) is 0 Å². The fourth-order valence-corrected chi connectivity index (χ4v) is 1.92. The van der Waals surface area contributed by atoms with Gasteiger partial charge in [-0.25, -0.2) is 0 Å². The Bertz CT molecular complexity index is 424. The fourth-order valence-electron chi connectivity index (χ4n) is 1.92. The molecule has 1 aromatic rings. The van der Waals surface area contributed by atoms with Gasteiger partial charge in [0.1, 0.15) is 6.04 Å². The highest BCUT2D eigenvalue weighted by Crippen LogP contribution is 2.29. The van der Waals surface area contributed by atoms with E-state index in [1.807, 2.05) is 6.07 Å². The van der Waals surface area contributed by atoms with Crippen LogP contribution < -0.4 is 0 Å². The number of hydrogen-bond donors (Lipinski definition) is 1. The molecule has 86 valence electrons. The van der Waals surface area contributed by atoms with Gasteiger partial charge in [-0.2, -0.15) is 5.10 Å². The number of ether oxygens (including phenoxy) is 1. The van der Waals surface area contributed by atoms with Gasteiger partial charge in [0.2, 0.25) is 0 Å². The van der Waals surface area contributed by atoms with E-state index >= 15 is 0 Å². The number of aromatic nitrogens is 2. The Hall–Kier alpha value is -1.56. The third-order valence-corrected chi connectivity index (χ3v) is 2.63. The molecule has 0 radical (unpaired) electrons. The summed E-state index contributed by atoms with van der Waals surface area (Å²) in [6.45, 7) is 1.05. The molecule has 2 atom stereocenters. The molecule has 1 N–H and O–H groups in total. The van der Waals surface area contributed by atoms with Crippen LogP contribution in [0, 0.1) is 0 Å². The van der Waals surface area contributed by atoms with Gasteiger partial charge in [-0.3, -0.25) is 4.68 Å². The molecular formula is C9H13N5O2. The van der Waals surface area contributed by atoms with Crippen LogP contribution in [0.4, 0.5) is 0 Å². The minimum atomic E-state index is -0.629. The number of fused-ring (bicyclic) bond motifs is 1. The van der Waals surface area contributed by atoms with Crippen LogP contribution in [0.3, 0.4) is 0 Å². The van der Waals surface area contributed by atoms with E-state index in [9.17, 15) is 5.11 Å². The summed E-state index contributed by atoms with van der Waals surface area (Å²) in [5, 5.41) is 17.7. The molecule has 0 aromatic carbocycles. The summed E-state index contributed by atoms with van der Waals surface area (Å²) in [4.78, 5) is 2.76. The standard InChI is InChI=1S/C9H13N5O2/c1-16-5-6-4-7-9(11-13-10)8(15)2-3-14(7)12-6/h4,8-9,15H,2-3,5H2,1H3/t8-,9-/m1/s1. The van der Waals surface area contributed by atoms with Crippen LogP contribution in [-0.2, 0) is 17.9 Å². The highest BCUT2D eigenvalue weighted by Gasteiger charge is 2.28. The average Bonchev–Trinajstić information content (AvgIpc) is 2.66. The first-order chi connectivity index (χ1) is 7.76. The lowest BCUT2D eigenvalue weighted by molar-refractivity contribution is 0.109. The summed E-state index contributed by atoms with van der Waals surface area (Å²) >= 11 is 0. The molecule has 7 heteroatoms. The minimum Gasteiger partial charge on any atom is -0.392 e.